The maximum absolute atomic E-state index is 5.80. The van der Waals surface area contributed by atoms with Crippen LogP contribution in [0.5, 0.6) is 0 Å². The largest absolute Gasteiger partial charge is 0.383 e. The highest BCUT2D eigenvalue weighted by Crippen LogP contribution is 2.23. The molecule has 2 aromatic rings. The molecule has 1 aromatic carbocycles. The van der Waals surface area contributed by atoms with Crippen LogP contribution < -0.4 is 10.6 Å². The van der Waals surface area contributed by atoms with Gasteiger partial charge >= 0.3 is 0 Å². The Hall–Kier alpha value is -1.77. The Kier molecular flexibility index (Phi) is 2.00. The summed E-state index contributed by atoms with van der Waals surface area (Å²) < 4.78 is 0. The molecule has 3 heteroatoms. The molecule has 0 saturated heterocycles. The Labute approximate surface area is 83.2 Å². The fourth-order valence-electron chi connectivity index (χ4n) is 1.46. The molecule has 1 heterocycles. The molecule has 3 nitrogen and oxygen atoms in total. The number of hydrogen-bond acceptors (Lipinski definition) is 3. The summed E-state index contributed by atoms with van der Waals surface area (Å²) in [4.78, 5) is 6.11. The van der Waals surface area contributed by atoms with Gasteiger partial charge in [0.1, 0.15) is 5.82 Å². The van der Waals surface area contributed by atoms with Crippen molar-refractivity contribution in [3.8, 4) is 0 Å². The van der Waals surface area contributed by atoms with Crippen LogP contribution in [0.2, 0.25) is 0 Å². The van der Waals surface area contributed by atoms with Gasteiger partial charge in [0.05, 0.1) is 0 Å². The van der Waals surface area contributed by atoms with Crippen molar-refractivity contribution in [2.75, 3.05) is 24.7 Å². The predicted molar refractivity (Wildman–Crippen MR) is 60.5 cm³/mol. The summed E-state index contributed by atoms with van der Waals surface area (Å²) in [5.74, 6) is 0.589. The molecule has 0 fully saturated rings. The Morgan fingerprint density at radius 2 is 2.00 bits per heavy atom. The van der Waals surface area contributed by atoms with Gasteiger partial charge in [0, 0.05) is 31.4 Å². The fraction of sp³-hybridized carbons (Fsp3) is 0.182. The number of anilines is 2. The van der Waals surface area contributed by atoms with Crippen LogP contribution in [0, 0.1) is 0 Å². The van der Waals surface area contributed by atoms with Crippen molar-refractivity contribution >= 4 is 22.3 Å². The molecular formula is C11H13N3. The molecule has 2 rings (SSSR count). The van der Waals surface area contributed by atoms with Crippen LogP contribution in [-0.2, 0) is 0 Å². The lowest BCUT2D eigenvalue weighted by molar-refractivity contribution is 1.13. The van der Waals surface area contributed by atoms with Crippen molar-refractivity contribution in [1.82, 2.24) is 4.98 Å². The molecule has 0 aliphatic heterocycles. The lowest BCUT2D eigenvalue weighted by Gasteiger charge is -2.13. The van der Waals surface area contributed by atoms with E-state index in [9.17, 15) is 0 Å². The van der Waals surface area contributed by atoms with E-state index in [0.717, 1.165) is 16.5 Å². The van der Waals surface area contributed by atoms with E-state index in [1.54, 1.807) is 6.20 Å². The van der Waals surface area contributed by atoms with Crippen molar-refractivity contribution in [2.24, 2.45) is 0 Å². The molecule has 1 aromatic heterocycles. The lowest BCUT2D eigenvalue weighted by Crippen LogP contribution is -2.08. The van der Waals surface area contributed by atoms with Gasteiger partial charge in [-0.2, -0.15) is 0 Å². The highest BCUT2D eigenvalue weighted by atomic mass is 15.1. The summed E-state index contributed by atoms with van der Waals surface area (Å²) >= 11 is 0. The number of fused-ring (bicyclic) bond motifs is 1. The number of benzene rings is 1. The van der Waals surface area contributed by atoms with Gasteiger partial charge < -0.3 is 10.6 Å². The maximum atomic E-state index is 5.80. The van der Waals surface area contributed by atoms with Gasteiger partial charge in [-0.25, -0.2) is 4.98 Å². The molecule has 0 radical (unpaired) electrons. The standard InChI is InChI=1S/C11H13N3/c1-14(2)9-4-3-8-5-6-13-11(12)10(8)7-9/h3-7H,1-2H3,(H2,12,13). The SMILES string of the molecule is CN(C)c1ccc2ccnc(N)c2c1. The molecule has 0 aliphatic rings. The third-order valence-corrected chi connectivity index (χ3v) is 2.30. The van der Waals surface area contributed by atoms with Gasteiger partial charge in [-0.05, 0) is 23.6 Å². The molecule has 0 amide bonds. The Balaban J connectivity index is 2.70. The highest BCUT2D eigenvalue weighted by Gasteiger charge is 2.01. The first-order valence-electron chi connectivity index (χ1n) is 4.50. The quantitative estimate of drug-likeness (QED) is 0.741. The fourth-order valence-corrected chi connectivity index (χ4v) is 1.46. The molecule has 14 heavy (non-hydrogen) atoms. The third kappa shape index (κ3) is 1.37. The van der Waals surface area contributed by atoms with Crippen molar-refractivity contribution < 1.29 is 0 Å². The highest BCUT2D eigenvalue weighted by molar-refractivity contribution is 5.93. The minimum atomic E-state index is 0.589. The summed E-state index contributed by atoms with van der Waals surface area (Å²) in [7, 11) is 4.02. The topological polar surface area (TPSA) is 42.2 Å². The zero-order chi connectivity index (χ0) is 10.1. The van der Waals surface area contributed by atoms with Crippen molar-refractivity contribution in [3.05, 3.63) is 30.5 Å². The molecule has 0 unspecified atom stereocenters. The van der Waals surface area contributed by atoms with Crippen LogP contribution in [0.3, 0.4) is 0 Å². The maximum Gasteiger partial charge on any atom is 0.131 e. The molecule has 0 spiro atoms. The second-order valence-electron chi connectivity index (χ2n) is 3.50. The van der Waals surface area contributed by atoms with Gasteiger partial charge in [0.25, 0.3) is 0 Å². The minimum absolute atomic E-state index is 0.589. The van der Waals surface area contributed by atoms with E-state index in [1.807, 2.05) is 25.1 Å². The van der Waals surface area contributed by atoms with E-state index in [0.29, 0.717) is 5.82 Å². The lowest BCUT2D eigenvalue weighted by atomic mass is 10.1. The van der Waals surface area contributed by atoms with Gasteiger partial charge in [-0.1, -0.05) is 6.07 Å². The second kappa shape index (κ2) is 3.18. The van der Waals surface area contributed by atoms with Crippen molar-refractivity contribution in [2.45, 2.75) is 0 Å². The number of aromatic nitrogens is 1. The number of pyridine rings is 1. The van der Waals surface area contributed by atoms with E-state index in [-0.39, 0.29) is 0 Å². The molecular weight excluding hydrogens is 174 g/mol. The van der Waals surface area contributed by atoms with Gasteiger partial charge in [0.2, 0.25) is 0 Å². The molecule has 0 atom stereocenters. The second-order valence-corrected chi connectivity index (χ2v) is 3.50. The smallest absolute Gasteiger partial charge is 0.131 e. The first-order valence-corrected chi connectivity index (χ1v) is 4.50. The number of nitrogens with two attached hydrogens (primary N) is 1. The van der Waals surface area contributed by atoms with E-state index >= 15 is 0 Å². The van der Waals surface area contributed by atoms with Gasteiger partial charge in [-0.15, -0.1) is 0 Å². The van der Waals surface area contributed by atoms with E-state index in [1.165, 1.54) is 0 Å². The van der Waals surface area contributed by atoms with Crippen molar-refractivity contribution in [1.29, 1.82) is 0 Å². The summed E-state index contributed by atoms with van der Waals surface area (Å²) in [6.07, 6.45) is 1.73. The number of hydrogen-bond donors (Lipinski definition) is 1. The molecule has 0 bridgehead atoms. The average molecular weight is 187 g/mol. The van der Waals surface area contributed by atoms with Gasteiger partial charge in [0.15, 0.2) is 0 Å². The average Bonchev–Trinajstić information content (AvgIpc) is 2.18. The first-order chi connectivity index (χ1) is 6.68. The zero-order valence-corrected chi connectivity index (χ0v) is 8.36. The van der Waals surface area contributed by atoms with Crippen LogP contribution >= 0.6 is 0 Å². The normalized spacial score (nSPS) is 10.4. The Bertz CT molecular complexity index is 463. The zero-order valence-electron chi connectivity index (χ0n) is 8.36. The summed E-state index contributed by atoms with van der Waals surface area (Å²) in [6.45, 7) is 0. The first kappa shape index (κ1) is 8.81. The Morgan fingerprint density at radius 3 is 2.71 bits per heavy atom. The van der Waals surface area contributed by atoms with Crippen LogP contribution in [0.4, 0.5) is 11.5 Å². The summed E-state index contributed by atoms with van der Waals surface area (Å²) in [6, 6.07) is 8.15. The van der Waals surface area contributed by atoms with Gasteiger partial charge in [-0.3, -0.25) is 0 Å². The Morgan fingerprint density at radius 1 is 1.21 bits per heavy atom. The molecule has 0 saturated carbocycles. The van der Waals surface area contributed by atoms with Crippen LogP contribution in [0.1, 0.15) is 0 Å². The molecule has 2 N–H and O–H groups in total. The predicted octanol–water partition coefficient (Wildman–Crippen LogP) is 1.88. The van der Waals surface area contributed by atoms with Crippen LogP contribution in [-0.4, -0.2) is 19.1 Å². The number of rotatable bonds is 1. The van der Waals surface area contributed by atoms with E-state index in [4.69, 9.17) is 5.73 Å². The van der Waals surface area contributed by atoms with E-state index < -0.39 is 0 Å². The minimum Gasteiger partial charge on any atom is -0.383 e. The molecule has 72 valence electrons. The van der Waals surface area contributed by atoms with Crippen LogP contribution in [0.15, 0.2) is 30.5 Å². The summed E-state index contributed by atoms with van der Waals surface area (Å²) in [5, 5.41) is 2.14. The number of nitrogens with zero attached hydrogens (tertiary/aromatic N) is 2. The van der Waals surface area contributed by atoms with Crippen molar-refractivity contribution in [3.63, 3.8) is 0 Å². The summed E-state index contributed by atoms with van der Waals surface area (Å²) in [5.41, 5.74) is 6.93. The van der Waals surface area contributed by atoms with Crippen LogP contribution in [0.25, 0.3) is 10.8 Å². The molecule has 0 aliphatic carbocycles. The number of nitrogen functional groups attached to an aromatic ring is 1. The monoisotopic (exact) mass is 187 g/mol. The third-order valence-electron chi connectivity index (χ3n) is 2.30. The van der Waals surface area contributed by atoms with E-state index in [2.05, 4.69) is 23.2 Å².